The third-order valence-electron chi connectivity index (χ3n) is 6.02. The molecule has 4 aliphatic rings. The predicted octanol–water partition coefficient (Wildman–Crippen LogP) is -0.596. The number of fused-ring (bicyclic) bond motifs is 5. The molecule has 4 rings (SSSR count). The van der Waals surface area contributed by atoms with Gasteiger partial charge in [-0.05, 0) is 24.2 Å². The van der Waals surface area contributed by atoms with Crippen LogP contribution >= 0.6 is 0 Å². The van der Waals surface area contributed by atoms with Crippen molar-refractivity contribution in [1.29, 1.82) is 0 Å². The minimum Gasteiger partial charge on any atom is -0.394 e. The van der Waals surface area contributed by atoms with Gasteiger partial charge in [0.1, 0.15) is 24.4 Å². The number of Topliss-reactive ketones (excluding diaryl/α,β-unsaturated/α-hetero) is 1. The fourth-order valence-electron chi connectivity index (χ4n) is 4.74. The molecule has 0 aromatic rings. The van der Waals surface area contributed by atoms with E-state index in [0.29, 0.717) is 17.4 Å². The molecule has 7 heteroatoms. The minimum absolute atomic E-state index is 0.0232. The second kappa shape index (κ2) is 6.57. The molecule has 25 heavy (non-hydrogen) atoms. The Hall–Kier alpha value is -1.09. The fourth-order valence-corrected chi connectivity index (χ4v) is 4.74. The molecule has 2 bridgehead atoms. The lowest BCUT2D eigenvalue weighted by atomic mass is 9.85. The van der Waals surface area contributed by atoms with E-state index in [0.717, 1.165) is 6.42 Å². The van der Waals surface area contributed by atoms with Gasteiger partial charge >= 0.3 is 0 Å². The molecule has 0 radical (unpaired) electrons. The molecule has 1 saturated heterocycles. The quantitative estimate of drug-likeness (QED) is 0.568. The number of rotatable bonds is 5. The van der Waals surface area contributed by atoms with E-state index in [4.69, 9.17) is 14.2 Å². The van der Waals surface area contributed by atoms with E-state index in [9.17, 15) is 20.1 Å². The Balaban J connectivity index is 1.44. The van der Waals surface area contributed by atoms with E-state index in [1.54, 1.807) is 0 Å². The molecule has 1 heterocycles. The van der Waals surface area contributed by atoms with Gasteiger partial charge in [0.25, 0.3) is 0 Å². The summed E-state index contributed by atoms with van der Waals surface area (Å²) in [6, 6.07) is 0. The van der Waals surface area contributed by atoms with Crippen LogP contribution in [0.3, 0.4) is 0 Å². The molecule has 1 saturated carbocycles. The number of methoxy groups -OCH3 is 1. The van der Waals surface area contributed by atoms with Crippen LogP contribution in [-0.4, -0.2) is 72.1 Å². The molecule has 0 spiro atoms. The van der Waals surface area contributed by atoms with Crippen LogP contribution in [0.2, 0.25) is 0 Å². The number of ketones is 1. The Morgan fingerprint density at radius 1 is 1.24 bits per heavy atom. The van der Waals surface area contributed by atoms with Crippen molar-refractivity contribution in [3.05, 3.63) is 23.8 Å². The van der Waals surface area contributed by atoms with Gasteiger partial charge in [0.15, 0.2) is 12.1 Å². The van der Waals surface area contributed by atoms with Gasteiger partial charge in [-0.25, -0.2) is 0 Å². The maximum Gasteiger partial charge on any atom is 0.186 e. The highest BCUT2D eigenvalue weighted by molar-refractivity contribution is 6.01. The highest BCUT2D eigenvalue weighted by Crippen LogP contribution is 2.52. The zero-order chi connectivity index (χ0) is 17.7. The van der Waals surface area contributed by atoms with Crippen LogP contribution in [0.1, 0.15) is 6.42 Å². The Bertz CT molecular complexity index is 584. The number of allylic oxidation sites excluding steroid dienone is 3. The van der Waals surface area contributed by atoms with Gasteiger partial charge < -0.3 is 29.5 Å². The first-order valence-corrected chi connectivity index (χ1v) is 8.75. The van der Waals surface area contributed by atoms with Gasteiger partial charge in [-0.3, -0.25) is 4.79 Å². The zero-order valence-corrected chi connectivity index (χ0v) is 14.0. The van der Waals surface area contributed by atoms with Gasteiger partial charge in [0.05, 0.1) is 13.2 Å². The summed E-state index contributed by atoms with van der Waals surface area (Å²) in [6.45, 7) is -0.396. The molecule has 2 fully saturated rings. The van der Waals surface area contributed by atoms with Gasteiger partial charge in [-0.15, -0.1) is 0 Å². The molecule has 0 aromatic heterocycles. The van der Waals surface area contributed by atoms with Gasteiger partial charge in [0, 0.05) is 18.6 Å². The first-order chi connectivity index (χ1) is 12.0. The SMILES string of the molecule is CO[C@@H]1O[C@H](CO)[C@H](O)[C@H](OCC2=CC3C4C=CC(C4)C3C2=O)[C@H]1O. The topological polar surface area (TPSA) is 105 Å². The van der Waals surface area contributed by atoms with Crippen LogP contribution in [0.25, 0.3) is 0 Å². The van der Waals surface area contributed by atoms with Gasteiger partial charge in [0.2, 0.25) is 0 Å². The maximum absolute atomic E-state index is 12.7. The summed E-state index contributed by atoms with van der Waals surface area (Å²) >= 11 is 0. The molecular formula is C18H24O7. The number of aliphatic hydroxyl groups is 3. The molecule has 4 unspecified atom stereocenters. The van der Waals surface area contributed by atoms with E-state index in [1.807, 2.05) is 6.08 Å². The van der Waals surface area contributed by atoms with Crippen molar-refractivity contribution in [1.82, 2.24) is 0 Å². The van der Waals surface area contributed by atoms with Crippen LogP contribution in [-0.2, 0) is 19.0 Å². The number of aliphatic hydroxyl groups excluding tert-OH is 3. The van der Waals surface area contributed by atoms with E-state index >= 15 is 0 Å². The summed E-state index contributed by atoms with van der Waals surface area (Å²) in [5, 5.41) is 29.9. The number of hydrogen-bond donors (Lipinski definition) is 3. The first kappa shape index (κ1) is 17.3. The fraction of sp³-hybridized carbons (Fsp3) is 0.722. The summed E-state index contributed by atoms with van der Waals surface area (Å²) in [5.41, 5.74) is 0.605. The molecular weight excluding hydrogens is 328 g/mol. The monoisotopic (exact) mass is 352 g/mol. The third-order valence-corrected chi connectivity index (χ3v) is 6.02. The molecule has 7 nitrogen and oxygen atoms in total. The second-order valence-electron chi connectivity index (χ2n) is 7.33. The first-order valence-electron chi connectivity index (χ1n) is 8.75. The third kappa shape index (κ3) is 2.70. The van der Waals surface area contributed by atoms with Gasteiger partial charge in [-0.2, -0.15) is 0 Å². The molecule has 3 aliphatic carbocycles. The van der Waals surface area contributed by atoms with E-state index in [2.05, 4.69) is 12.2 Å². The van der Waals surface area contributed by atoms with Crippen molar-refractivity contribution in [2.24, 2.45) is 23.7 Å². The van der Waals surface area contributed by atoms with Gasteiger partial charge in [-0.1, -0.05) is 18.2 Å². The largest absolute Gasteiger partial charge is 0.394 e. The molecule has 9 atom stereocenters. The number of carbonyl (C=O) groups excluding carboxylic acids is 1. The summed E-state index contributed by atoms with van der Waals surface area (Å²) in [5.74, 6) is 1.15. The van der Waals surface area contributed by atoms with Crippen molar-refractivity contribution < 1.29 is 34.3 Å². The van der Waals surface area contributed by atoms with Crippen LogP contribution < -0.4 is 0 Å². The average Bonchev–Trinajstić information content (AvgIpc) is 3.29. The van der Waals surface area contributed by atoms with E-state index in [-0.39, 0.29) is 24.2 Å². The molecule has 138 valence electrons. The Kier molecular flexibility index (Phi) is 4.56. The van der Waals surface area contributed by atoms with Crippen molar-refractivity contribution in [3.8, 4) is 0 Å². The summed E-state index contributed by atoms with van der Waals surface area (Å²) in [7, 11) is 1.37. The Labute approximate surface area is 145 Å². The van der Waals surface area contributed by atoms with E-state index < -0.39 is 37.3 Å². The summed E-state index contributed by atoms with van der Waals surface area (Å²) in [6.07, 6.45) is 2.05. The Morgan fingerprint density at radius 3 is 2.68 bits per heavy atom. The van der Waals surface area contributed by atoms with Crippen molar-refractivity contribution in [2.75, 3.05) is 20.3 Å². The second-order valence-corrected chi connectivity index (χ2v) is 7.33. The van der Waals surface area contributed by atoms with Crippen LogP contribution in [0, 0.1) is 23.7 Å². The molecule has 0 aromatic carbocycles. The lowest BCUT2D eigenvalue weighted by Crippen LogP contribution is -2.60. The predicted molar refractivity (Wildman–Crippen MR) is 85.3 cm³/mol. The molecule has 1 aliphatic heterocycles. The van der Waals surface area contributed by atoms with Crippen LogP contribution in [0.5, 0.6) is 0 Å². The lowest BCUT2D eigenvalue weighted by molar-refractivity contribution is -0.300. The molecule has 3 N–H and O–H groups in total. The number of carbonyl (C=O) groups is 1. The normalized spacial score (nSPS) is 48.1. The minimum atomic E-state index is -1.21. The van der Waals surface area contributed by atoms with Crippen molar-refractivity contribution in [3.63, 3.8) is 0 Å². The summed E-state index contributed by atoms with van der Waals surface area (Å²) < 4.78 is 16.0. The smallest absolute Gasteiger partial charge is 0.186 e. The summed E-state index contributed by atoms with van der Waals surface area (Å²) in [4.78, 5) is 12.7. The van der Waals surface area contributed by atoms with Crippen LogP contribution in [0.15, 0.2) is 23.8 Å². The van der Waals surface area contributed by atoms with Crippen molar-refractivity contribution in [2.45, 2.75) is 37.1 Å². The highest BCUT2D eigenvalue weighted by Gasteiger charge is 2.51. The highest BCUT2D eigenvalue weighted by atomic mass is 16.7. The maximum atomic E-state index is 12.7. The van der Waals surface area contributed by atoms with Crippen molar-refractivity contribution >= 4 is 5.78 Å². The number of ether oxygens (including phenoxy) is 3. The molecule has 0 amide bonds. The Morgan fingerprint density at radius 2 is 2.00 bits per heavy atom. The zero-order valence-electron chi connectivity index (χ0n) is 14.0. The average molecular weight is 352 g/mol. The standard InChI is InChI=1S/C18H24O7/c1-23-18-16(22)17(15(21)12(6-19)25-18)24-7-10-5-11-8-2-3-9(4-8)13(11)14(10)20/h2-3,5,8-9,11-13,15-19,21-22H,4,6-7H2,1H3/t8?,9?,11?,12-,13?,15+,16-,17+,18-/m1/s1. The lowest BCUT2D eigenvalue weighted by Gasteiger charge is -2.41. The number of hydrogen-bond acceptors (Lipinski definition) is 7. The van der Waals surface area contributed by atoms with E-state index in [1.165, 1.54) is 7.11 Å². The van der Waals surface area contributed by atoms with Crippen LogP contribution in [0.4, 0.5) is 0 Å².